The molecule has 0 saturated carbocycles. The molecule has 0 aliphatic carbocycles. The molecule has 1 aromatic heterocycles. The number of benzene rings is 1. The van der Waals surface area contributed by atoms with Gasteiger partial charge >= 0.3 is 5.97 Å². The number of likely N-dealkylation sites (tertiary alicyclic amines) is 1. The summed E-state index contributed by atoms with van der Waals surface area (Å²) in [5.41, 5.74) is 0.434. The largest absolute Gasteiger partial charge is 0.457 e. The number of hydrogen-bond donors (Lipinski definition) is 0. The molecule has 0 bridgehead atoms. The Bertz CT molecular complexity index is 932. The molecular weight excluding hydrogens is 396 g/mol. The molecule has 1 fully saturated rings. The highest BCUT2D eigenvalue weighted by Crippen LogP contribution is 2.23. The summed E-state index contributed by atoms with van der Waals surface area (Å²) in [6, 6.07) is 7.76. The topological polar surface area (TPSA) is 107 Å². The minimum absolute atomic E-state index is 0.0389. The van der Waals surface area contributed by atoms with Crippen molar-refractivity contribution in [2.75, 3.05) is 19.7 Å². The van der Waals surface area contributed by atoms with Crippen LogP contribution in [0.5, 0.6) is 0 Å². The minimum atomic E-state index is -0.552. The van der Waals surface area contributed by atoms with Crippen LogP contribution in [0.2, 0.25) is 0 Å². The zero-order chi connectivity index (χ0) is 21.0. The number of carbonyl (C=O) groups excluding carboxylic acids is 3. The van der Waals surface area contributed by atoms with Crippen LogP contribution in [0.3, 0.4) is 0 Å². The molecule has 3 rings (SSSR count). The van der Waals surface area contributed by atoms with Gasteiger partial charge in [0.25, 0.3) is 11.6 Å². The summed E-state index contributed by atoms with van der Waals surface area (Å²) < 4.78 is 5.14. The molecule has 2 heterocycles. The van der Waals surface area contributed by atoms with E-state index in [2.05, 4.69) is 0 Å². The summed E-state index contributed by atoms with van der Waals surface area (Å²) >= 11 is 1.38. The van der Waals surface area contributed by atoms with Crippen LogP contribution in [0, 0.1) is 23.0 Å². The lowest BCUT2D eigenvalue weighted by molar-refractivity contribution is -0.385. The summed E-state index contributed by atoms with van der Waals surface area (Å²) in [5, 5.41) is 12.8. The van der Waals surface area contributed by atoms with Gasteiger partial charge in [-0.25, -0.2) is 0 Å². The molecule has 1 aliphatic rings. The van der Waals surface area contributed by atoms with Crippen molar-refractivity contribution >= 4 is 34.7 Å². The number of hydrogen-bond acceptors (Lipinski definition) is 7. The first-order valence-electron chi connectivity index (χ1n) is 9.14. The molecule has 2 aromatic rings. The number of amides is 1. The summed E-state index contributed by atoms with van der Waals surface area (Å²) in [7, 11) is 0. The van der Waals surface area contributed by atoms with Gasteiger partial charge in [-0.2, -0.15) is 0 Å². The fraction of sp³-hybridized carbons (Fsp3) is 0.350. The molecule has 9 heteroatoms. The third-order valence-electron chi connectivity index (χ3n) is 4.92. The van der Waals surface area contributed by atoms with Gasteiger partial charge in [-0.1, -0.05) is 18.2 Å². The molecule has 29 heavy (non-hydrogen) atoms. The molecule has 152 valence electrons. The number of nitrogens with zero attached hydrogens (tertiary/aromatic N) is 2. The number of rotatable bonds is 6. The summed E-state index contributed by atoms with van der Waals surface area (Å²) in [6.45, 7) is 2.03. The Balaban J connectivity index is 1.50. The Morgan fingerprint density at radius 1 is 1.24 bits per heavy atom. The highest BCUT2D eigenvalue weighted by molar-refractivity contribution is 7.12. The van der Waals surface area contributed by atoms with E-state index >= 15 is 0 Å². The number of thiophene rings is 1. The van der Waals surface area contributed by atoms with Crippen LogP contribution in [-0.2, 0) is 9.53 Å². The lowest BCUT2D eigenvalue weighted by Crippen LogP contribution is -2.40. The van der Waals surface area contributed by atoms with E-state index in [1.807, 2.05) is 11.4 Å². The molecular formula is C20H20N2O6S. The Labute approximate surface area is 171 Å². The van der Waals surface area contributed by atoms with E-state index in [9.17, 15) is 24.5 Å². The van der Waals surface area contributed by atoms with Gasteiger partial charge < -0.3 is 9.64 Å². The van der Waals surface area contributed by atoms with E-state index in [1.54, 1.807) is 17.9 Å². The molecule has 0 N–H and O–H groups in total. The maximum Gasteiger partial charge on any atom is 0.309 e. The van der Waals surface area contributed by atoms with Gasteiger partial charge in [-0.05, 0) is 31.2 Å². The molecule has 8 nitrogen and oxygen atoms in total. The molecule has 1 aromatic carbocycles. The summed E-state index contributed by atoms with van der Waals surface area (Å²) in [6.07, 6.45) is 0.945. The molecule has 0 unspecified atom stereocenters. The maximum atomic E-state index is 12.3. The van der Waals surface area contributed by atoms with E-state index in [1.165, 1.54) is 29.5 Å². The quantitative estimate of drug-likeness (QED) is 0.310. The van der Waals surface area contributed by atoms with Crippen molar-refractivity contribution in [2.24, 2.45) is 5.92 Å². The average molecular weight is 416 g/mol. The first kappa shape index (κ1) is 20.7. The van der Waals surface area contributed by atoms with E-state index in [0.717, 1.165) is 0 Å². The van der Waals surface area contributed by atoms with Crippen LogP contribution in [0.15, 0.2) is 35.7 Å². The number of piperidine rings is 1. The lowest BCUT2D eigenvalue weighted by atomic mass is 9.97. The van der Waals surface area contributed by atoms with E-state index in [0.29, 0.717) is 36.4 Å². The maximum absolute atomic E-state index is 12.3. The third-order valence-corrected chi connectivity index (χ3v) is 5.78. The van der Waals surface area contributed by atoms with Crippen molar-refractivity contribution in [3.8, 4) is 0 Å². The van der Waals surface area contributed by atoms with Gasteiger partial charge in [0.15, 0.2) is 6.61 Å². The number of nitro groups is 1. The second-order valence-corrected chi connectivity index (χ2v) is 7.78. The number of aryl methyl sites for hydroxylation is 1. The molecule has 1 aliphatic heterocycles. The Hall–Kier alpha value is -3.07. The summed E-state index contributed by atoms with van der Waals surface area (Å²) in [4.78, 5) is 49.7. The Morgan fingerprint density at radius 2 is 1.97 bits per heavy atom. The highest BCUT2D eigenvalue weighted by Gasteiger charge is 2.29. The number of esters is 1. The number of ketones is 1. The second kappa shape index (κ2) is 8.95. The number of Topliss-reactive ketones (excluding diaryl/α,β-unsaturated/α-hetero) is 1. The van der Waals surface area contributed by atoms with Crippen LogP contribution in [-0.4, -0.2) is 47.2 Å². The molecule has 1 saturated heterocycles. The monoisotopic (exact) mass is 416 g/mol. The van der Waals surface area contributed by atoms with Crippen molar-refractivity contribution in [3.05, 3.63) is 61.8 Å². The zero-order valence-electron chi connectivity index (χ0n) is 15.8. The first-order chi connectivity index (χ1) is 13.9. The first-order valence-corrected chi connectivity index (χ1v) is 10.0. The predicted octanol–water partition coefficient (Wildman–Crippen LogP) is 3.24. The van der Waals surface area contributed by atoms with Gasteiger partial charge in [-0.3, -0.25) is 24.5 Å². The highest BCUT2D eigenvalue weighted by atomic mass is 32.1. The van der Waals surface area contributed by atoms with E-state index in [4.69, 9.17) is 4.74 Å². The molecule has 0 radical (unpaired) electrons. The van der Waals surface area contributed by atoms with E-state index < -0.39 is 23.3 Å². The van der Waals surface area contributed by atoms with Crippen LogP contribution >= 0.6 is 11.3 Å². The fourth-order valence-electron chi connectivity index (χ4n) is 3.19. The predicted molar refractivity (Wildman–Crippen MR) is 106 cm³/mol. The smallest absolute Gasteiger partial charge is 0.309 e. The van der Waals surface area contributed by atoms with Crippen molar-refractivity contribution < 1.29 is 24.0 Å². The normalized spacial score (nSPS) is 14.4. The van der Waals surface area contributed by atoms with Crippen molar-refractivity contribution in [3.63, 3.8) is 0 Å². The van der Waals surface area contributed by atoms with Crippen LogP contribution < -0.4 is 0 Å². The zero-order valence-corrected chi connectivity index (χ0v) is 16.6. The SMILES string of the molecule is Cc1ccc(C(=O)COC(=O)C2CCN(C(=O)c3cccs3)CC2)cc1[N+](=O)[O-]. The Morgan fingerprint density at radius 3 is 2.59 bits per heavy atom. The lowest BCUT2D eigenvalue weighted by Gasteiger charge is -2.30. The number of nitro benzene ring substituents is 1. The second-order valence-electron chi connectivity index (χ2n) is 6.83. The van der Waals surface area contributed by atoms with Gasteiger partial charge in [0.1, 0.15) is 0 Å². The van der Waals surface area contributed by atoms with Gasteiger partial charge in [0, 0.05) is 30.3 Å². The standard InChI is InChI=1S/C20H20N2O6S/c1-13-4-5-15(11-16(13)22(26)27)17(23)12-28-20(25)14-6-8-21(9-7-14)19(24)18-3-2-10-29-18/h2-5,10-11,14H,6-9,12H2,1H3. The van der Waals surface area contributed by atoms with Gasteiger partial charge in [-0.15, -0.1) is 11.3 Å². The average Bonchev–Trinajstić information content (AvgIpc) is 3.26. The summed E-state index contributed by atoms with van der Waals surface area (Å²) in [5.74, 6) is -1.39. The number of carbonyl (C=O) groups is 3. The van der Waals surface area contributed by atoms with Gasteiger partial charge in [0.2, 0.25) is 5.78 Å². The van der Waals surface area contributed by atoms with Crippen LogP contribution in [0.25, 0.3) is 0 Å². The van der Waals surface area contributed by atoms with Crippen molar-refractivity contribution in [1.29, 1.82) is 0 Å². The number of ether oxygens (including phenoxy) is 1. The molecule has 0 atom stereocenters. The minimum Gasteiger partial charge on any atom is -0.457 e. The van der Waals surface area contributed by atoms with Crippen molar-refractivity contribution in [1.82, 2.24) is 4.90 Å². The van der Waals surface area contributed by atoms with Gasteiger partial charge in [0.05, 0.1) is 15.7 Å². The van der Waals surface area contributed by atoms with Crippen LogP contribution in [0.1, 0.15) is 38.4 Å². The van der Waals surface area contributed by atoms with E-state index in [-0.39, 0.29) is 23.1 Å². The van der Waals surface area contributed by atoms with Crippen molar-refractivity contribution in [2.45, 2.75) is 19.8 Å². The Kier molecular flexibility index (Phi) is 6.38. The molecule has 0 spiro atoms. The fourth-order valence-corrected chi connectivity index (χ4v) is 3.88. The van der Waals surface area contributed by atoms with Crippen LogP contribution in [0.4, 0.5) is 5.69 Å². The molecule has 1 amide bonds. The third kappa shape index (κ3) is 4.86.